The van der Waals surface area contributed by atoms with Crippen molar-refractivity contribution in [3.63, 3.8) is 0 Å². The van der Waals surface area contributed by atoms with Crippen LogP contribution in [0.5, 0.6) is 5.75 Å². The van der Waals surface area contributed by atoms with Gasteiger partial charge in [0.25, 0.3) is 5.91 Å². The summed E-state index contributed by atoms with van der Waals surface area (Å²) in [6.45, 7) is 6.30. The summed E-state index contributed by atoms with van der Waals surface area (Å²) in [5.41, 5.74) is 2.00. The Hall–Kier alpha value is -2.83. The first kappa shape index (κ1) is 17.5. The van der Waals surface area contributed by atoms with E-state index >= 15 is 0 Å². The highest BCUT2D eigenvalue weighted by molar-refractivity contribution is 5.86. The van der Waals surface area contributed by atoms with Gasteiger partial charge in [-0.1, -0.05) is 0 Å². The van der Waals surface area contributed by atoms with Crippen molar-refractivity contribution >= 4 is 22.8 Å². The minimum atomic E-state index is -1.13. The van der Waals surface area contributed by atoms with Gasteiger partial charge in [0, 0.05) is 16.5 Å². The molecule has 0 spiro atoms. The maximum atomic E-state index is 11.8. The minimum Gasteiger partial charge on any atom is -0.483 e. The molecule has 0 aliphatic rings. The summed E-state index contributed by atoms with van der Waals surface area (Å²) in [4.78, 5) is 34.2. The Bertz CT molecular complexity index is 867. The van der Waals surface area contributed by atoms with Gasteiger partial charge < -0.3 is 19.6 Å². The number of aliphatic carboxylic acids is 1. The summed E-state index contributed by atoms with van der Waals surface area (Å²) in [6, 6.07) is 2.46. The number of rotatable bonds is 5. The zero-order valence-corrected chi connectivity index (χ0v) is 13.9. The van der Waals surface area contributed by atoms with E-state index in [1.54, 1.807) is 26.0 Å². The normalized spacial score (nSPS) is 12.0. The van der Waals surface area contributed by atoms with E-state index in [0.717, 1.165) is 10.9 Å². The molecule has 128 valence electrons. The van der Waals surface area contributed by atoms with Gasteiger partial charge in [-0.05, 0) is 45.4 Å². The molecule has 2 N–H and O–H groups in total. The molecule has 1 unspecified atom stereocenters. The number of benzene rings is 1. The Morgan fingerprint density at radius 3 is 2.50 bits per heavy atom. The molecule has 0 fully saturated rings. The Kier molecular flexibility index (Phi) is 4.92. The molecule has 7 nitrogen and oxygen atoms in total. The quantitative estimate of drug-likeness (QED) is 0.807. The summed E-state index contributed by atoms with van der Waals surface area (Å²) >= 11 is 0. The van der Waals surface area contributed by atoms with E-state index in [9.17, 15) is 14.4 Å². The van der Waals surface area contributed by atoms with E-state index in [2.05, 4.69) is 5.32 Å². The topological polar surface area (TPSA) is 106 Å². The van der Waals surface area contributed by atoms with Gasteiger partial charge in [0.05, 0.1) is 0 Å². The predicted molar refractivity (Wildman–Crippen MR) is 87.4 cm³/mol. The molecular weight excluding hydrogens is 314 g/mol. The van der Waals surface area contributed by atoms with E-state index in [4.69, 9.17) is 14.3 Å². The molecule has 1 heterocycles. The van der Waals surface area contributed by atoms with Gasteiger partial charge in [0.15, 0.2) is 6.61 Å². The molecule has 0 saturated heterocycles. The van der Waals surface area contributed by atoms with Crippen LogP contribution in [0.2, 0.25) is 0 Å². The Labute approximate surface area is 138 Å². The van der Waals surface area contributed by atoms with Crippen LogP contribution in [-0.4, -0.2) is 29.6 Å². The number of carbonyl (C=O) groups is 2. The van der Waals surface area contributed by atoms with Crippen LogP contribution in [-0.2, 0) is 9.59 Å². The molecule has 0 radical (unpaired) electrons. The fraction of sp³-hybridized carbons (Fsp3) is 0.353. The number of amides is 1. The second kappa shape index (κ2) is 6.74. The molecule has 1 amide bonds. The average molecular weight is 333 g/mol. The lowest BCUT2D eigenvalue weighted by Crippen LogP contribution is -2.40. The largest absolute Gasteiger partial charge is 0.483 e. The summed E-state index contributed by atoms with van der Waals surface area (Å²) in [5.74, 6) is -1.28. The molecule has 0 bridgehead atoms. The van der Waals surface area contributed by atoms with Gasteiger partial charge in [-0.25, -0.2) is 4.79 Å². The van der Waals surface area contributed by atoms with Crippen molar-refractivity contribution in [1.82, 2.24) is 5.32 Å². The maximum absolute atomic E-state index is 11.8. The van der Waals surface area contributed by atoms with Gasteiger partial charge >= 0.3 is 11.6 Å². The Morgan fingerprint density at radius 2 is 1.88 bits per heavy atom. The van der Waals surface area contributed by atoms with Crippen molar-refractivity contribution in [2.45, 2.75) is 33.7 Å². The molecular formula is C17H19NO6. The summed E-state index contributed by atoms with van der Waals surface area (Å²) in [5, 5.41) is 11.9. The molecule has 2 aromatic rings. The van der Waals surface area contributed by atoms with E-state index < -0.39 is 23.5 Å². The summed E-state index contributed by atoms with van der Waals surface area (Å²) < 4.78 is 10.8. The van der Waals surface area contributed by atoms with Crippen LogP contribution in [0.25, 0.3) is 11.0 Å². The molecule has 1 aromatic carbocycles. The SMILES string of the molecule is Cc1c(C)c2ccc(OCC(=O)NC(C)C(=O)O)c(C)c2oc1=O. The van der Waals surface area contributed by atoms with Crippen molar-refractivity contribution in [3.05, 3.63) is 39.2 Å². The summed E-state index contributed by atoms with van der Waals surface area (Å²) in [6.07, 6.45) is 0. The van der Waals surface area contributed by atoms with E-state index in [1.165, 1.54) is 6.92 Å². The first-order chi connectivity index (χ1) is 11.2. The number of nitrogens with one attached hydrogen (secondary N) is 1. The lowest BCUT2D eigenvalue weighted by Gasteiger charge is -2.13. The third kappa shape index (κ3) is 3.40. The predicted octanol–water partition coefficient (Wildman–Crippen LogP) is 1.69. The highest BCUT2D eigenvalue weighted by atomic mass is 16.5. The van der Waals surface area contributed by atoms with Gasteiger partial charge in [-0.2, -0.15) is 0 Å². The first-order valence-corrected chi connectivity index (χ1v) is 7.41. The monoisotopic (exact) mass is 333 g/mol. The van der Waals surface area contributed by atoms with Crippen LogP contribution in [0.1, 0.15) is 23.6 Å². The molecule has 0 aliphatic carbocycles. The minimum absolute atomic E-state index is 0.334. The second-order valence-corrected chi connectivity index (χ2v) is 5.62. The molecule has 0 saturated carbocycles. The van der Waals surface area contributed by atoms with Crippen LogP contribution in [0.15, 0.2) is 21.3 Å². The van der Waals surface area contributed by atoms with Crippen molar-refractivity contribution in [2.75, 3.05) is 6.61 Å². The van der Waals surface area contributed by atoms with Gasteiger partial charge in [-0.3, -0.25) is 9.59 Å². The fourth-order valence-corrected chi connectivity index (χ4v) is 2.27. The fourth-order valence-electron chi connectivity index (χ4n) is 2.27. The van der Waals surface area contributed by atoms with E-state index in [0.29, 0.717) is 22.5 Å². The van der Waals surface area contributed by atoms with Crippen LogP contribution in [0, 0.1) is 20.8 Å². The van der Waals surface area contributed by atoms with Crippen LogP contribution >= 0.6 is 0 Å². The smallest absolute Gasteiger partial charge is 0.339 e. The van der Waals surface area contributed by atoms with Gasteiger partial charge in [0.1, 0.15) is 17.4 Å². The molecule has 7 heteroatoms. The highest BCUT2D eigenvalue weighted by Gasteiger charge is 2.16. The number of carbonyl (C=O) groups excluding carboxylic acids is 1. The number of hydrogen-bond donors (Lipinski definition) is 2. The second-order valence-electron chi connectivity index (χ2n) is 5.62. The first-order valence-electron chi connectivity index (χ1n) is 7.41. The number of carboxylic acids is 1. The van der Waals surface area contributed by atoms with Crippen molar-refractivity contribution in [2.24, 2.45) is 0 Å². The third-order valence-corrected chi connectivity index (χ3v) is 3.93. The number of carboxylic acid groups (broad SMARTS) is 1. The van der Waals surface area contributed by atoms with E-state index in [1.807, 2.05) is 6.92 Å². The zero-order valence-electron chi connectivity index (χ0n) is 13.9. The Morgan fingerprint density at radius 1 is 1.21 bits per heavy atom. The molecule has 0 aliphatic heterocycles. The zero-order chi connectivity index (χ0) is 18.0. The number of hydrogen-bond acceptors (Lipinski definition) is 5. The molecule has 1 aromatic heterocycles. The summed E-state index contributed by atoms with van der Waals surface area (Å²) in [7, 11) is 0. The number of aryl methyl sites for hydroxylation is 2. The lowest BCUT2D eigenvalue weighted by atomic mass is 10.0. The molecule has 24 heavy (non-hydrogen) atoms. The average Bonchev–Trinajstić information content (AvgIpc) is 2.52. The Balaban J connectivity index is 2.24. The number of fused-ring (bicyclic) bond motifs is 1. The highest BCUT2D eigenvalue weighted by Crippen LogP contribution is 2.29. The third-order valence-electron chi connectivity index (χ3n) is 3.93. The maximum Gasteiger partial charge on any atom is 0.339 e. The lowest BCUT2D eigenvalue weighted by molar-refractivity contribution is -0.141. The standard InChI is InChI=1S/C17H19NO6/c1-8-9(2)17(22)24-15-10(3)13(6-5-12(8)15)23-7-14(19)18-11(4)16(20)21/h5-6,11H,7H2,1-4H3,(H,18,19)(H,20,21). The van der Waals surface area contributed by atoms with Crippen LogP contribution < -0.4 is 15.7 Å². The molecule has 2 rings (SSSR count). The molecule has 1 atom stereocenters. The van der Waals surface area contributed by atoms with Crippen LogP contribution in [0.4, 0.5) is 0 Å². The van der Waals surface area contributed by atoms with Crippen molar-refractivity contribution < 1.29 is 23.8 Å². The van der Waals surface area contributed by atoms with Crippen molar-refractivity contribution in [3.8, 4) is 5.75 Å². The van der Waals surface area contributed by atoms with Gasteiger partial charge in [0.2, 0.25) is 0 Å². The van der Waals surface area contributed by atoms with Gasteiger partial charge in [-0.15, -0.1) is 0 Å². The van der Waals surface area contributed by atoms with Crippen molar-refractivity contribution in [1.29, 1.82) is 0 Å². The van der Waals surface area contributed by atoms with Crippen LogP contribution in [0.3, 0.4) is 0 Å². The number of ether oxygens (including phenoxy) is 1. The van der Waals surface area contributed by atoms with E-state index in [-0.39, 0.29) is 6.61 Å².